The van der Waals surface area contributed by atoms with Gasteiger partial charge in [0.1, 0.15) is 16.3 Å². The molecule has 106 valence electrons. The SMILES string of the molecule is CCc1nc2sc(C(=O)NCC(=O)O)c(N)c2cc1C. The predicted molar refractivity (Wildman–Crippen MR) is 78.1 cm³/mol. The number of rotatable bonds is 4. The van der Waals surface area contributed by atoms with Crippen LogP contribution >= 0.6 is 11.3 Å². The third-order valence-electron chi connectivity index (χ3n) is 2.96. The van der Waals surface area contributed by atoms with E-state index in [1.54, 1.807) is 0 Å². The van der Waals surface area contributed by atoms with E-state index >= 15 is 0 Å². The standard InChI is InChI=1S/C13H15N3O3S/c1-3-8-6(2)4-7-10(14)11(20-13(7)16-8)12(19)15-5-9(17)18/h4H,3,5,14H2,1-2H3,(H,15,19)(H,17,18). The smallest absolute Gasteiger partial charge is 0.322 e. The number of aliphatic carboxylic acids is 1. The molecule has 0 saturated carbocycles. The van der Waals surface area contributed by atoms with Crippen LogP contribution in [0.1, 0.15) is 27.9 Å². The third kappa shape index (κ3) is 2.57. The molecule has 4 N–H and O–H groups in total. The molecule has 0 bridgehead atoms. The highest BCUT2D eigenvalue weighted by Gasteiger charge is 2.18. The molecule has 0 aliphatic carbocycles. The van der Waals surface area contributed by atoms with E-state index < -0.39 is 18.4 Å². The van der Waals surface area contributed by atoms with Crippen molar-refractivity contribution < 1.29 is 14.7 Å². The Morgan fingerprint density at radius 3 is 2.80 bits per heavy atom. The maximum Gasteiger partial charge on any atom is 0.322 e. The number of thiophene rings is 1. The number of carboxylic acid groups (broad SMARTS) is 1. The van der Waals surface area contributed by atoms with Gasteiger partial charge < -0.3 is 16.2 Å². The summed E-state index contributed by atoms with van der Waals surface area (Å²) >= 11 is 1.18. The quantitative estimate of drug-likeness (QED) is 0.793. The normalized spacial score (nSPS) is 10.7. The van der Waals surface area contributed by atoms with E-state index in [1.165, 1.54) is 11.3 Å². The molecule has 20 heavy (non-hydrogen) atoms. The van der Waals surface area contributed by atoms with E-state index in [9.17, 15) is 9.59 Å². The number of nitrogens with zero attached hydrogens (tertiary/aromatic N) is 1. The summed E-state index contributed by atoms with van der Waals surface area (Å²) < 4.78 is 0. The Balaban J connectivity index is 2.43. The minimum absolute atomic E-state index is 0.307. The number of nitrogen functional groups attached to an aromatic ring is 1. The Kier molecular flexibility index (Phi) is 3.89. The van der Waals surface area contributed by atoms with E-state index in [-0.39, 0.29) is 0 Å². The highest BCUT2D eigenvalue weighted by Crippen LogP contribution is 2.33. The van der Waals surface area contributed by atoms with Crippen LogP contribution in [0.2, 0.25) is 0 Å². The van der Waals surface area contributed by atoms with Crippen molar-refractivity contribution in [3.8, 4) is 0 Å². The second-order valence-corrected chi connectivity index (χ2v) is 5.38. The maximum absolute atomic E-state index is 11.9. The minimum atomic E-state index is -1.10. The Bertz CT molecular complexity index is 694. The van der Waals surface area contributed by atoms with Crippen LogP contribution in [0.3, 0.4) is 0 Å². The number of aromatic nitrogens is 1. The maximum atomic E-state index is 11.9. The number of carbonyl (C=O) groups is 2. The predicted octanol–water partition coefficient (Wildman–Crippen LogP) is 1.56. The number of aryl methyl sites for hydroxylation is 2. The molecular weight excluding hydrogens is 278 g/mol. The highest BCUT2D eigenvalue weighted by atomic mass is 32.1. The third-order valence-corrected chi connectivity index (χ3v) is 4.07. The van der Waals surface area contributed by atoms with Crippen molar-refractivity contribution in [1.82, 2.24) is 10.3 Å². The molecule has 0 saturated heterocycles. The molecule has 2 aromatic heterocycles. The summed E-state index contributed by atoms with van der Waals surface area (Å²) in [6.45, 7) is 3.53. The molecule has 7 heteroatoms. The van der Waals surface area contributed by atoms with E-state index in [0.29, 0.717) is 15.4 Å². The van der Waals surface area contributed by atoms with Crippen molar-refractivity contribution in [3.05, 3.63) is 22.2 Å². The number of pyridine rings is 1. The van der Waals surface area contributed by atoms with E-state index in [0.717, 1.165) is 23.1 Å². The topological polar surface area (TPSA) is 105 Å². The van der Waals surface area contributed by atoms with Crippen LogP contribution in [0.25, 0.3) is 10.2 Å². The first kappa shape index (κ1) is 14.3. The van der Waals surface area contributed by atoms with E-state index in [1.807, 2.05) is 19.9 Å². The van der Waals surface area contributed by atoms with Crippen LogP contribution in [-0.4, -0.2) is 28.5 Å². The monoisotopic (exact) mass is 293 g/mol. The average molecular weight is 293 g/mol. The van der Waals surface area contributed by atoms with Gasteiger partial charge in [-0.2, -0.15) is 0 Å². The molecule has 2 heterocycles. The Morgan fingerprint density at radius 2 is 2.20 bits per heavy atom. The van der Waals surface area contributed by atoms with E-state index in [2.05, 4.69) is 10.3 Å². The Labute approximate surface area is 119 Å². The lowest BCUT2D eigenvalue weighted by molar-refractivity contribution is -0.135. The van der Waals surface area contributed by atoms with Crippen molar-refractivity contribution in [3.63, 3.8) is 0 Å². The Hall–Kier alpha value is -2.15. The lowest BCUT2D eigenvalue weighted by Gasteiger charge is -2.02. The summed E-state index contributed by atoms with van der Waals surface area (Å²) in [5.74, 6) is -1.58. The van der Waals surface area contributed by atoms with Crippen LogP contribution in [0.5, 0.6) is 0 Å². The van der Waals surface area contributed by atoms with Gasteiger partial charge in [0, 0.05) is 11.1 Å². The average Bonchev–Trinajstić information content (AvgIpc) is 2.72. The zero-order chi connectivity index (χ0) is 14.9. The zero-order valence-corrected chi connectivity index (χ0v) is 12.0. The van der Waals surface area contributed by atoms with Crippen molar-refractivity contribution in [1.29, 1.82) is 0 Å². The summed E-state index contributed by atoms with van der Waals surface area (Å²) in [5.41, 5.74) is 8.32. The van der Waals surface area contributed by atoms with Crippen molar-refractivity contribution in [2.75, 3.05) is 12.3 Å². The lowest BCUT2D eigenvalue weighted by atomic mass is 10.1. The first-order chi connectivity index (χ1) is 9.43. The fourth-order valence-corrected chi connectivity index (χ4v) is 2.95. The van der Waals surface area contributed by atoms with Gasteiger partial charge in [0.2, 0.25) is 0 Å². The van der Waals surface area contributed by atoms with Gasteiger partial charge in [-0.05, 0) is 25.0 Å². The van der Waals surface area contributed by atoms with Crippen molar-refractivity contribution in [2.45, 2.75) is 20.3 Å². The van der Waals surface area contributed by atoms with Gasteiger partial charge in [-0.15, -0.1) is 11.3 Å². The first-order valence-electron chi connectivity index (χ1n) is 6.12. The summed E-state index contributed by atoms with van der Waals surface area (Å²) in [6.07, 6.45) is 0.806. The number of amides is 1. The number of nitrogens with one attached hydrogen (secondary N) is 1. The van der Waals surface area contributed by atoms with E-state index in [4.69, 9.17) is 10.8 Å². The van der Waals surface area contributed by atoms with Gasteiger partial charge in [-0.25, -0.2) is 4.98 Å². The van der Waals surface area contributed by atoms with Crippen LogP contribution in [0, 0.1) is 6.92 Å². The fourth-order valence-electron chi connectivity index (χ4n) is 1.94. The van der Waals surface area contributed by atoms with Crippen LogP contribution in [-0.2, 0) is 11.2 Å². The number of carboxylic acids is 1. The summed E-state index contributed by atoms with van der Waals surface area (Å²) in [6, 6.07) is 1.92. The molecule has 0 aliphatic rings. The number of anilines is 1. The number of hydrogen-bond acceptors (Lipinski definition) is 5. The molecule has 0 spiro atoms. The highest BCUT2D eigenvalue weighted by molar-refractivity contribution is 7.21. The molecule has 0 aromatic carbocycles. The number of hydrogen-bond donors (Lipinski definition) is 3. The number of nitrogens with two attached hydrogens (primary N) is 1. The second kappa shape index (κ2) is 5.46. The summed E-state index contributed by atoms with van der Waals surface area (Å²) in [7, 11) is 0. The number of fused-ring (bicyclic) bond motifs is 1. The molecule has 2 aromatic rings. The van der Waals surface area contributed by atoms with Gasteiger partial charge in [0.05, 0.1) is 5.69 Å². The summed E-state index contributed by atoms with van der Waals surface area (Å²) in [5, 5.41) is 11.6. The largest absolute Gasteiger partial charge is 0.480 e. The van der Waals surface area contributed by atoms with Crippen LogP contribution in [0.15, 0.2) is 6.07 Å². The molecule has 0 fully saturated rings. The van der Waals surface area contributed by atoms with Crippen molar-refractivity contribution >= 4 is 39.1 Å². The lowest BCUT2D eigenvalue weighted by Crippen LogP contribution is -2.29. The molecule has 1 amide bonds. The van der Waals surface area contributed by atoms with Gasteiger partial charge in [-0.1, -0.05) is 6.92 Å². The van der Waals surface area contributed by atoms with Crippen LogP contribution in [0.4, 0.5) is 5.69 Å². The Morgan fingerprint density at radius 1 is 1.50 bits per heavy atom. The molecule has 0 atom stereocenters. The summed E-state index contributed by atoms with van der Waals surface area (Å²) in [4.78, 5) is 27.9. The second-order valence-electron chi connectivity index (χ2n) is 4.38. The molecule has 2 rings (SSSR count). The number of carbonyl (C=O) groups excluding carboxylic acids is 1. The molecule has 6 nitrogen and oxygen atoms in total. The molecule has 0 radical (unpaired) electrons. The fraction of sp³-hybridized carbons (Fsp3) is 0.308. The molecule has 0 unspecified atom stereocenters. The zero-order valence-electron chi connectivity index (χ0n) is 11.2. The van der Waals surface area contributed by atoms with Crippen molar-refractivity contribution in [2.24, 2.45) is 0 Å². The van der Waals surface area contributed by atoms with Gasteiger partial charge >= 0.3 is 5.97 Å². The minimum Gasteiger partial charge on any atom is -0.480 e. The molecule has 0 aliphatic heterocycles. The van der Waals surface area contributed by atoms with Gasteiger partial charge in [0.15, 0.2) is 0 Å². The van der Waals surface area contributed by atoms with Gasteiger partial charge in [0.25, 0.3) is 5.91 Å². The van der Waals surface area contributed by atoms with Gasteiger partial charge in [-0.3, -0.25) is 9.59 Å². The first-order valence-corrected chi connectivity index (χ1v) is 6.94. The van der Waals surface area contributed by atoms with Crippen LogP contribution < -0.4 is 11.1 Å². The molecular formula is C13H15N3O3S.